The number of nitrogens with one attached hydrogen (secondary N) is 2. The van der Waals surface area contributed by atoms with E-state index < -0.39 is 0 Å². The topological polar surface area (TPSA) is 44.4 Å². The maximum atomic E-state index is 11.9. The van der Waals surface area contributed by atoms with Crippen LogP contribution in [0.1, 0.15) is 24.2 Å². The van der Waals surface area contributed by atoms with Crippen molar-refractivity contribution in [1.82, 2.24) is 10.2 Å². The van der Waals surface area contributed by atoms with Crippen LogP contribution in [0.3, 0.4) is 0 Å². The molecule has 0 aliphatic carbocycles. The summed E-state index contributed by atoms with van der Waals surface area (Å²) in [6.45, 7) is 11.4. The van der Waals surface area contributed by atoms with E-state index in [1.165, 1.54) is 0 Å². The van der Waals surface area contributed by atoms with E-state index in [1.807, 2.05) is 12.1 Å². The zero-order chi connectivity index (χ0) is 14.1. The van der Waals surface area contributed by atoms with Crippen LogP contribution < -0.4 is 10.6 Å². The van der Waals surface area contributed by atoms with Crippen molar-refractivity contribution in [2.75, 3.05) is 31.5 Å². The van der Waals surface area contributed by atoms with Crippen molar-refractivity contribution in [2.45, 2.75) is 13.8 Å². The lowest BCUT2D eigenvalue weighted by Gasteiger charge is -2.17. The van der Waals surface area contributed by atoms with Crippen LogP contribution in [0.2, 0.25) is 0 Å². The van der Waals surface area contributed by atoms with Gasteiger partial charge in [-0.25, -0.2) is 0 Å². The second kappa shape index (κ2) is 8.32. The molecule has 1 amide bonds. The number of nitrogens with zero attached hydrogens (tertiary/aromatic N) is 1. The van der Waals surface area contributed by atoms with Crippen LogP contribution in [-0.2, 0) is 0 Å². The van der Waals surface area contributed by atoms with Crippen LogP contribution in [0.5, 0.6) is 0 Å². The molecule has 1 aromatic rings. The second-order valence-electron chi connectivity index (χ2n) is 4.21. The largest absolute Gasteiger partial charge is 0.362 e. The molecule has 19 heavy (non-hydrogen) atoms. The Morgan fingerprint density at radius 1 is 1.26 bits per heavy atom. The molecule has 0 fully saturated rings. The molecule has 4 nitrogen and oxygen atoms in total. The molecule has 0 bridgehead atoms. The van der Waals surface area contributed by atoms with Crippen LogP contribution in [0.15, 0.2) is 37.0 Å². The summed E-state index contributed by atoms with van der Waals surface area (Å²) in [4.78, 5) is 14.2. The van der Waals surface area contributed by atoms with Crippen molar-refractivity contribution in [1.29, 1.82) is 0 Å². The molecule has 0 unspecified atom stereocenters. The van der Waals surface area contributed by atoms with E-state index in [0.717, 1.165) is 25.3 Å². The molecule has 0 aliphatic rings. The summed E-state index contributed by atoms with van der Waals surface area (Å²) >= 11 is 0. The minimum Gasteiger partial charge on any atom is -0.362 e. The number of benzene rings is 1. The number of anilines is 1. The predicted octanol–water partition coefficient (Wildman–Crippen LogP) is 2.31. The van der Waals surface area contributed by atoms with Gasteiger partial charge >= 0.3 is 0 Å². The summed E-state index contributed by atoms with van der Waals surface area (Å²) in [6.07, 6.45) is 1.61. The highest BCUT2D eigenvalue weighted by Crippen LogP contribution is 2.09. The fourth-order valence-corrected chi connectivity index (χ4v) is 1.81. The molecule has 0 atom stereocenters. The van der Waals surface area contributed by atoms with Gasteiger partial charge in [0.1, 0.15) is 0 Å². The minimum absolute atomic E-state index is 0.0303. The quantitative estimate of drug-likeness (QED) is 0.755. The van der Waals surface area contributed by atoms with E-state index in [1.54, 1.807) is 18.3 Å². The van der Waals surface area contributed by atoms with Gasteiger partial charge in [-0.05, 0) is 43.6 Å². The maximum absolute atomic E-state index is 11.9. The molecule has 0 saturated carbocycles. The molecule has 2 N–H and O–H groups in total. The molecule has 0 saturated heterocycles. The Kier molecular flexibility index (Phi) is 6.68. The summed E-state index contributed by atoms with van der Waals surface area (Å²) < 4.78 is 0. The van der Waals surface area contributed by atoms with Crippen LogP contribution in [0.25, 0.3) is 0 Å². The number of carbonyl (C=O) groups excluding carboxylic acids is 1. The smallest absolute Gasteiger partial charge is 0.251 e. The zero-order valence-corrected chi connectivity index (χ0v) is 11.8. The zero-order valence-electron chi connectivity index (χ0n) is 11.8. The van der Waals surface area contributed by atoms with Gasteiger partial charge in [0.25, 0.3) is 5.91 Å². The van der Waals surface area contributed by atoms with Gasteiger partial charge in [0.2, 0.25) is 0 Å². The first kappa shape index (κ1) is 15.2. The average Bonchev–Trinajstić information content (AvgIpc) is 2.44. The molecule has 0 aliphatic heterocycles. The maximum Gasteiger partial charge on any atom is 0.251 e. The molecule has 0 radical (unpaired) electrons. The lowest BCUT2D eigenvalue weighted by atomic mass is 10.2. The Labute approximate surface area is 115 Å². The monoisotopic (exact) mass is 261 g/mol. The van der Waals surface area contributed by atoms with E-state index >= 15 is 0 Å². The Morgan fingerprint density at radius 3 is 2.42 bits per heavy atom. The fraction of sp³-hybridized carbons (Fsp3) is 0.400. The normalized spacial score (nSPS) is 10.3. The number of hydrogen-bond acceptors (Lipinski definition) is 3. The third-order valence-corrected chi connectivity index (χ3v) is 3.02. The van der Waals surface area contributed by atoms with Crippen molar-refractivity contribution in [3.8, 4) is 0 Å². The van der Waals surface area contributed by atoms with Gasteiger partial charge in [-0.3, -0.25) is 4.79 Å². The van der Waals surface area contributed by atoms with Crippen molar-refractivity contribution < 1.29 is 4.79 Å². The van der Waals surface area contributed by atoms with Gasteiger partial charge in [-0.2, -0.15) is 0 Å². The molecular formula is C15H23N3O. The van der Waals surface area contributed by atoms with Gasteiger partial charge < -0.3 is 15.5 Å². The standard InChI is InChI=1S/C15H23N3O/c1-4-16-14-9-7-13(8-10-14)15(19)17-11-12-18(5-2)6-3/h4,7-10,16H,1,5-6,11-12H2,2-3H3,(H,17,19). The highest BCUT2D eigenvalue weighted by Gasteiger charge is 2.05. The van der Waals surface area contributed by atoms with E-state index in [0.29, 0.717) is 12.1 Å². The number of rotatable bonds is 8. The summed E-state index contributed by atoms with van der Waals surface area (Å²) in [6, 6.07) is 7.33. The molecule has 0 aromatic heterocycles. The molecule has 104 valence electrons. The van der Waals surface area contributed by atoms with Gasteiger partial charge in [0.05, 0.1) is 0 Å². The summed E-state index contributed by atoms with van der Waals surface area (Å²) in [5, 5.41) is 5.90. The molecule has 0 heterocycles. The van der Waals surface area contributed by atoms with E-state index in [2.05, 4.69) is 36.0 Å². The average molecular weight is 261 g/mol. The number of carbonyl (C=O) groups is 1. The molecule has 1 rings (SSSR count). The molecular weight excluding hydrogens is 238 g/mol. The van der Waals surface area contributed by atoms with Gasteiger partial charge in [-0.15, -0.1) is 0 Å². The summed E-state index contributed by atoms with van der Waals surface area (Å²) in [5.74, 6) is -0.0303. The van der Waals surface area contributed by atoms with Crippen LogP contribution in [-0.4, -0.2) is 37.0 Å². The van der Waals surface area contributed by atoms with Gasteiger partial charge in [0, 0.05) is 24.3 Å². The first-order valence-corrected chi connectivity index (χ1v) is 6.69. The SMILES string of the molecule is C=CNc1ccc(C(=O)NCCN(CC)CC)cc1. The number of amides is 1. The van der Waals surface area contributed by atoms with Crippen molar-refractivity contribution in [3.63, 3.8) is 0 Å². The Morgan fingerprint density at radius 2 is 1.89 bits per heavy atom. The van der Waals surface area contributed by atoms with Crippen LogP contribution in [0, 0.1) is 0 Å². The third-order valence-electron chi connectivity index (χ3n) is 3.02. The van der Waals surface area contributed by atoms with Crippen molar-refractivity contribution in [2.24, 2.45) is 0 Å². The Hall–Kier alpha value is -1.81. The first-order chi connectivity index (χ1) is 9.21. The highest BCUT2D eigenvalue weighted by atomic mass is 16.1. The lowest BCUT2D eigenvalue weighted by Crippen LogP contribution is -2.34. The van der Waals surface area contributed by atoms with E-state index in [-0.39, 0.29) is 5.91 Å². The minimum atomic E-state index is -0.0303. The Bertz CT molecular complexity index is 396. The predicted molar refractivity (Wildman–Crippen MR) is 80.4 cm³/mol. The Balaban J connectivity index is 2.42. The van der Waals surface area contributed by atoms with E-state index in [9.17, 15) is 4.79 Å². The third kappa shape index (κ3) is 5.14. The van der Waals surface area contributed by atoms with E-state index in [4.69, 9.17) is 0 Å². The molecule has 0 spiro atoms. The highest BCUT2D eigenvalue weighted by molar-refractivity contribution is 5.94. The van der Waals surface area contributed by atoms with Crippen molar-refractivity contribution >= 4 is 11.6 Å². The number of hydrogen-bond donors (Lipinski definition) is 2. The second-order valence-corrected chi connectivity index (χ2v) is 4.21. The van der Waals surface area contributed by atoms with Gasteiger partial charge in [-0.1, -0.05) is 20.4 Å². The number of likely N-dealkylation sites (N-methyl/N-ethyl adjacent to an activating group) is 1. The van der Waals surface area contributed by atoms with Crippen LogP contribution >= 0.6 is 0 Å². The van der Waals surface area contributed by atoms with Crippen LogP contribution in [0.4, 0.5) is 5.69 Å². The lowest BCUT2D eigenvalue weighted by molar-refractivity contribution is 0.0949. The summed E-state index contributed by atoms with van der Waals surface area (Å²) in [5.41, 5.74) is 1.60. The molecule has 1 aromatic carbocycles. The van der Waals surface area contributed by atoms with Gasteiger partial charge in [0.15, 0.2) is 0 Å². The summed E-state index contributed by atoms with van der Waals surface area (Å²) in [7, 11) is 0. The van der Waals surface area contributed by atoms with Crippen molar-refractivity contribution in [3.05, 3.63) is 42.6 Å². The molecule has 4 heteroatoms. The fourth-order valence-electron chi connectivity index (χ4n) is 1.81. The first-order valence-electron chi connectivity index (χ1n) is 6.69.